The Bertz CT molecular complexity index is 612. The van der Waals surface area contributed by atoms with Crippen molar-refractivity contribution < 1.29 is 14.3 Å². The number of piperidine rings is 2. The molecule has 3 rings (SSSR count). The van der Waals surface area contributed by atoms with Crippen molar-refractivity contribution in [3.63, 3.8) is 0 Å². The smallest absolute Gasteiger partial charge is 0.219 e. The Morgan fingerprint density at radius 3 is 2.83 bits per heavy atom. The fourth-order valence-electron chi connectivity index (χ4n) is 3.69. The monoisotopic (exact) mass is 340 g/mol. The molecular formula is C17H22ClFN2O2. The molecule has 4 nitrogen and oxygen atoms in total. The van der Waals surface area contributed by atoms with Gasteiger partial charge in [0.15, 0.2) is 0 Å². The molecule has 0 bridgehead atoms. The zero-order valence-corrected chi connectivity index (χ0v) is 14.0. The highest BCUT2D eigenvalue weighted by Gasteiger charge is 2.45. The number of halogens is 2. The summed E-state index contributed by atoms with van der Waals surface area (Å²) < 4.78 is 14.0. The van der Waals surface area contributed by atoms with Crippen molar-refractivity contribution in [1.82, 2.24) is 9.80 Å². The minimum Gasteiger partial charge on any atom is -0.389 e. The predicted molar refractivity (Wildman–Crippen MR) is 86.6 cm³/mol. The van der Waals surface area contributed by atoms with Crippen LogP contribution < -0.4 is 0 Å². The van der Waals surface area contributed by atoms with Gasteiger partial charge in [-0.15, -0.1) is 0 Å². The number of hydrogen-bond acceptors (Lipinski definition) is 3. The Kier molecular flexibility index (Phi) is 4.63. The molecule has 6 heteroatoms. The third-order valence-corrected chi connectivity index (χ3v) is 5.44. The molecule has 23 heavy (non-hydrogen) atoms. The number of nitrogens with zero attached hydrogens (tertiary/aromatic N) is 2. The normalized spacial score (nSPS) is 28.5. The van der Waals surface area contributed by atoms with Crippen LogP contribution >= 0.6 is 11.6 Å². The van der Waals surface area contributed by atoms with Crippen LogP contribution in [0.2, 0.25) is 5.02 Å². The van der Waals surface area contributed by atoms with Gasteiger partial charge in [-0.2, -0.15) is 0 Å². The van der Waals surface area contributed by atoms with Crippen molar-refractivity contribution in [2.75, 3.05) is 26.2 Å². The number of likely N-dealkylation sites (tertiary alicyclic amines) is 2. The van der Waals surface area contributed by atoms with Crippen molar-refractivity contribution in [2.24, 2.45) is 5.92 Å². The summed E-state index contributed by atoms with van der Waals surface area (Å²) in [7, 11) is 0. The summed E-state index contributed by atoms with van der Waals surface area (Å²) in [4.78, 5) is 15.5. The number of amides is 1. The molecular weight excluding hydrogens is 319 g/mol. The van der Waals surface area contributed by atoms with Crippen LogP contribution in [0.4, 0.5) is 4.39 Å². The average molecular weight is 341 g/mol. The number of rotatable bonds is 2. The molecule has 0 aromatic heterocycles. The molecule has 1 aromatic rings. The highest BCUT2D eigenvalue weighted by atomic mass is 35.5. The van der Waals surface area contributed by atoms with E-state index in [2.05, 4.69) is 4.90 Å². The molecule has 2 saturated heterocycles. The van der Waals surface area contributed by atoms with E-state index in [-0.39, 0.29) is 17.6 Å². The van der Waals surface area contributed by atoms with Gasteiger partial charge in [0.05, 0.1) is 5.60 Å². The molecule has 2 heterocycles. The van der Waals surface area contributed by atoms with Crippen LogP contribution in [0.1, 0.15) is 25.3 Å². The number of benzene rings is 1. The molecule has 2 aliphatic rings. The molecule has 126 valence electrons. The largest absolute Gasteiger partial charge is 0.389 e. The molecule has 2 fully saturated rings. The van der Waals surface area contributed by atoms with Crippen LogP contribution in [0, 0.1) is 11.7 Å². The second kappa shape index (κ2) is 6.38. The predicted octanol–water partition coefficient (Wildman–Crippen LogP) is 2.28. The zero-order chi connectivity index (χ0) is 16.6. The molecule has 0 unspecified atom stereocenters. The van der Waals surface area contributed by atoms with Gasteiger partial charge in [0, 0.05) is 56.2 Å². The first kappa shape index (κ1) is 16.7. The van der Waals surface area contributed by atoms with E-state index in [1.54, 1.807) is 24.0 Å². The van der Waals surface area contributed by atoms with Gasteiger partial charge in [0.2, 0.25) is 5.91 Å². The number of fused-ring (bicyclic) bond motifs is 1. The Morgan fingerprint density at radius 1 is 1.39 bits per heavy atom. The van der Waals surface area contributed by atoms with E-state index in [1.807, 2.05) is 0 Å². The van der Waals surface area contributed by atoms with E-state index in [4.69, 9.17) is 11.6 Å². The van der Waals surface area contributed by atoms with Crippen LogP contribution in [0.3, 0.4) is 0 Å². The molecule has 0 aliphatic carbocycles. The van der Waals surface area contributed by atoms with E-state index in [1.165, 1.54) is 6.07 Å². The van der Waals surface area contributed by atoms with Gasteiger partial charge < -0.3 is 10.0 Å². The summed E-state index contributed by atoms with van der Waals surface area (Å²) in [5.74, 6) is -0.232. The molecule has 0 saturated carbocycles. The molecule has 2 aliphatic heterocycles. The van der Waals surface area contributed by atoms with Crippen LogP contribution in [-0.2, 0) is 11.3 Å². The Labute approximate surface area is 140 Å². The van der Waals surface area contributed by atoms with E-state index in [9.17, 15) is 14.3 Å². The first-order valence-electron chi connectivity index (χ1n) is 8.01. The van der Waals surface area contributed by atoms with E-state index < -0.39 is 5.60 Å². The lowest BCUT2D eigenvalue weighted by Crippen LogP contribution is -2.60. The van der Waals surface area contributed by atoms with Crippen LogP contribution in [0.25, 0.3) is 0 Å². The van der Waals surface area contributed by atoms with Crippen molar-refractivity contribution in [2.45, 2.75) is 31.9 Å². The van der Waals surface area contributed by atoms with E-state index >= 15 is 0 Å². The zero-order valence-electron chi connectivity index (χ0n) is 13.3. The maximum atomic E-state index is 14.0. The molecule has 1 aromatic carbocycles. The Morgan fingerprint density at radius 2 is 2.13 bits per heavy atom. The topological polar surface area (TPSA) is 43.8 Å². The maximum Gasteiger partial charge on any atom is 0.219 e. The summed E-state index contributed by atoms with van der Waals surface area (Å²) in [6.07, 6.45) is 1.29. The molecule has 1 amide bonds. The minimum atomic E-state index is -0.693. The standard InChI is InChI=1S/C17H22ClFN2O2/c1-12(22)21-7-5-17(23)4-6-20(10-14(17)11-21)9-13-2-3-15(18)8-16(13)19/h2-3,8,14,23H,4-7,9-11H2,1H3/t14-,17-/m1/s1. The Balaban J connectivity index is 1.69. The fraction of sp³-hybridized carbons (Fsp3) is 0.588. The lowest BCUT2D eigenvalue weighted by Gasteiger charge is -2.50. The van der Waals surface area contributed by atoms with Crippen molar-refractivity contribution >= 4 is 17.5 Å². The van der Waals surface area contributed by atoms with Gasteiger partial charge >= 0.3 is 0 Å². The van der Waals surface area contributed by atoms with Gasteiger partial charge in [0.25, 0.3) is 0 Å². The maximum absolute atomic E-state index is 14.0. The van der Waals surface area contributed by atoms with Gasteiger partial charge in [-0.05, 0) is 25.0 Å². The number of hydrogen-bond donors (Lipinski definition) is 1. The Hall–Kier alpha value is -1.17. The summed E-state index contributed by atoms with van der Waals surface area (Å²) in [6, 6.07) is 4.73. The van der Waals surface area contributed by atoms with Crippen molar-refractivity contribution in [1.29, 1.82) is 0 Å². The van der Waals surface area contributed by atoms with Crippen LogP contribution in [-0.4, -0.2) is 52.6 Å². The second-order valence-electron chi connectivity index (χ2n) is 6.74. The van der Waals surface area contributed by atoms with E-state index in [0.29, 0.717) is 49.6 Å². The first-order valence-corrected chi connectivity index (χ1v) is 8.39. The average Bonchev–Trinajstić information content (AvgIpc) is 2.49. The third kappa shape index (κ3) is 3.52. The van der Waals surface area contributed by atoms with Crippen LogP contribution in [0.15, 0.2) is 18.2 Å². The lowest BCUT2D eigenvalue weighted by molar-refractivity contribution is -0.145. The third-order valence-electron chi connectivity index (χ3n) is 5.21. The number of aliphatic hydroxyl groups is 1. The summed E-state index contributed by atoms with van der Waals surface area (Å²) in [6.45, 7) is 4.65. The SMILES string of the molecule is CC(=O)N1CC[C@]2(O)CCN(Cc3ccc(Cl)cc3F)C[C@@H]2C1. The molecule has 0 spiro atoms. The van der Waals surface area contributed by atoms with Gasteiger partial charge in [0.1, 0.15) is 5.82 Å². The van der Waals surface area contributed by atoms with Gasteiger partial charge in [-0.1, -0.05) is 17.7 Å². The van der Waals surface area contributed by atoms with Crippen LogP contribution in [0.5, 0.6) is 0 Å². The lowest BCUT2D eigenvalue weighted by atomic mass is 9.75. The van der Waals surface area contributed by atoms with Gasteiger partial charge in [-0.3, -0.25) is 9.69 Å². The molecule has 0 radical (unpaired) electrons. The number of carbonyl (C=O) groups is 1. The molecule has 1 N–H and O–H groups in total. The van der Waals surface area contributed by atoms with Crippen molar-refractivity contribution in [3.8, 4) is 0 Å². The quantitative estimate of drug-likeness (QED) is 0.898. The van der Waals surface area contributed by atoms with Gasteiger partial charge in [-0.25, -0.2) is 4.39 Å². The molecule has 2 atom stereocenters. The van der Waals surface area contributed by atoms with E-state index in [0.717, 1.165) is 6.54 Å². The second-order valence-corrected chi connectivity index (χ2v) is 7.17. The highest BCUT2D eigenvalue weighted by molar-refractivity contribution is 6.30. The highest BCUT2D eigenvalue weighted by Crippen LogP contribution is 2.36. The fourth-order valence-corrected chi connectivity index (χ4v) is 3.85. The summed E-state index contributed by atoms with van der Waals surface area (Å²) in [5.41, 5.74) is -0.0832. The first-order chi connectivity index (χ1) is 10.9. The van der Waals surface area contributed by atoms with Crippen molar-refractivity contribution in [3.05, 3.63) is 34.6 Å². The summed E-state index contributed by atoms with van der Waals surface area (Å²) in [5, 5.41) is 11.2. The summed E-state index contributed by atoms with van der Waals surface area (Å²) >= 11 is 5.79. The minimum absolute atomic E-state index is 0.0178. The number of carbonyl (C=O) groups excluding carboxylic acids is 1.